The Balaban J connectivity index is 1.95. The van der Waals surface area contributed by atoms with Crippen molar-refractivity contribution in [1.82, 2.24) is 0 Å². The van der Waals surface area contributed by atoms with Crippen LogP contribution in [0.5, 0.6) is 5.75 Å². The van der Waals surface area contributed by atoms with Crippen molar-refractivity contribution in [2.75, 3.05) is 19.3 Å². The van der Waals surface area contributed by atoms with Gasteiger partial charge in [-0.2, -0.15) is 0 Å². The van der Waals surface area contributed by atoms with Crippen LogP contribution in [0, 0.1) is 0 Å². The summed E-state index contributed by atoms with van der Waals surface area (Å²) in [6.07, 6.45) is 4.16. The van der Waals surface area contributed by atoms with Gasteiger partial charge in [0.15, 0.2) is 5.75 Å². The van der Waals surface area contributed by atoms with Crippen LogP contribution in [0.2, 0.25) is 0 Å². The van der Waals surface area contributed by atoms with Gasteiger partial charge in [-0.1, -0.05) is 18.7 Å². The molecule has 0 saturated carbocycles. The summed E-state index contributed by atoms with van der Waals surface area (Å²) in [6, 6.07) is 6.83. The van der Waals surface area contributed by atoms with Crippen LogP contribution in [0.1, 0.15) is 12.0 Å². The van der Waals surface area contributed by atoms with Crippen LogP contribution in [0.15, 0.2) is 42.5 Å². The van der Waals surface area contributed by atoms with Gasteiger partial charge < -0.3 is 17.8 Å². The van der Waals surface area contributed by atoms with E-state index in [1.165, 1.54) is 13.2 Å². The number of methoxy groups -OCH3 is 1. The van der Waals surface area contributed by atoms with E-state index in [1.54, 1.807) is 30.5 Å². The Morgan fingerprint density at radius 2 is 1.96 bits per heavy atom. The predicted molar refractivity (Wildman–Crippen MR) is 94.0 cm³/mol. The SMILES string of the molecule is C=C(CC(=O)OC)C(=O)[O+]1CS1(C)Oc1ccc(/C=C/C(=O)O)cc1. The molecule has 0 radical (unpaired) electrons. The Labute approximate surface area is 146 Å². The quantitative estimate of drug-likeness (QED) is 0.345. The van der Waals surface area contributed by atoms with Gasteiger partial charge in [0.1, 0.15) is 5.57 Å². The molecule has 0 aliphatic carbocycles. The highest BCUT2D eigenvalue weighted by atomic mass is 32.3. The van der Waals surface area contributed by atoms with E-state index in [-0.39, 0.29) is 12.0 Å². The van der Waals surface area contributed by atoms with Crippen molar-refractivity contribution in [3.8, 4) is 5.75 Å². The highest BCUT2D eigenvalue weighted by molar-refractivity contribution is 8.30. The van der Waals surface area contributed by atoms with Crippen molar-refractivity contribution >= 4 is 34.6 Å². The maximum Gasteiger partial charge on any atom is 0.572 e. The van der Waals surface area contributed by atoms with Crippen LogP contribution in [0.25, 0.3) is 6.08 Å². The fourth-order valence-corrected chi connectivity index (χ4v) is 3.89. The van der Waals surface area contributed by atoms with Crippen molar-refractivity contribution in [1.29, 1.82) is 0 Å². The molecule has 0 bridgehead atoms. The second-order valence-electron chi connectivity index (χ2n) is 5.36. The van der Waals surface area contributed by atoms with E-state index in [4.69, 9.17) is 9.29 Å². The molecular weight excluding hydrogens is 348 g/mol. The van der Waals surface area contributed by atoms with E-state index in [2.05, 4.69) is 15.1 Å². The molecule has 134 valence electrons. The zero-order valence-corrected chi connectivity index (χ0v) is 14.7. The zero-order chi connectivity index (χ0) is 18.6. The van der Waals surface area contributed by atoms with Crippen molar-refractivity contribution in [3.63, 3.8) is 0 Å². The second kappa shape index (κ2) is 7.43. The smallest absolute Gasteiger partial charge is 0.478 e. The Bertz CT molecular complexity index is 738. The number of carbonyl (C=O) groups excluding carboxylic acids is 2. The van der Waals surface area contributed by atoms with E-state index in [0.29, 0.717) is 11.7 Å². The molecule has 7 nitrogen and oxygen atoms in total. The van der Waals surface area contributed by atoms with Crippen LogP contribution in [0.4, 0.5) is 0 Å². The minimum absolute atomic E-state index is 0.130. The van der Waals surface area contributed by atoms with Gasteiger partial charge in [-0.05, 0) is 34.4 Å². The highest BCUT2D eigenvalue weighted by Crippen LogP contribution is 2.68. The summed E-state index contributed by atoms with van der Waals surface area (Å²) in [5.41, 5.74) is 0.851. The largest absolute Gasteiger partial charge is 0.572 e. The minimum atomic E-state index is -1.82. The first-order valence-corrected chi connectivity index (χ1v) is 9.28. The van der Waals surface area contributed by atoms with Gasteiger partial charge in [0.25, 0.3) is 5.94 Å². The number of aliphatic carboxylic acids is 1. The van der Waals surface area contributed by atoms with Crippen LogP contribution >= 0.6 is 10.6 Å². The van der Waals surface area contributed by atoms with Gasteiger partial charge in [0.2, 0.25) is 0 Å². The van der Waals surface area contributed by atoms with Crippen LogP contribution in [-0.4, -0.2) is 42.3 Å². The average molecular weight is 367 g/mol. The fraction of sp³-hybridized carbons (Fsp3) is 0.235. The molecule has 1 heterocycles. The third-order valence-electron chi connectivity index (χ3n) is 3.34. The number of carboxylic acids is 1. The monoisotopic (exact) mass is 367 g/mol. The number of ether oxygens (including phenoxy) is 1. The standard InChI is InChI=1S/C17H18O7S/c1-12(10-16(20)22-2)17(21)24-11-25(24,3)23-14-7-4-13(5-8-14)6-9-15(18)19/h4-9H,1,10-11H2,2-3H3/p+1/b9-6+. The summed E-state index contributed by atoms with van der Waals surface area (Å²) in [5.74, 6) is -1.00. The van der Waals surface area contributed by atoms with Crippen LogP contribution in [-0.2, 0) is 22.9 Å². The summed E-state index contributed by atoms with van der Waals surface area (Å²) < 4.78 is 12.8. The lowest BCUT2D eigenvalue weighted by molar-refractivity contribution is -0.144. The maximum atomic E-state index is 12.2. The molecule has 25 heavy (non-hydrogen) atoms. The Kier molecular flexibility index (Phi) is 5.53. The zero-order valence-electron chi connectivity index (χ0n) is 13.9. The molecule has 1 saturated heterocycles. The fourth-order valence-electron chi connectivity index (χ4n) is 1.94. The first-order valence-electron chi connectivity index (χ1n) is 7.22. The number of hydrogen-bond donors (Lipinski definition) is 1. The molecule has 1 aromatic carbocycles. The van der Waals surface area contributed by atoms with E-state index in [0.717, 1.165) is 11.6 Å². The Morgan fingerprint density at radius 3 is 2.52 bits per heavy atom. The molecule has 0 spiro atoms. The van der Waals surface area contributed by atoms with Crippen molar-refractivity contribution in [2.24, 2.45) is 0 Å². The number of esters is 1. The number of rotatable bonds is 7. The van der Waals surface area contributed by atoms with Gasteiger partial charge in [-0.3, -0.25) is 4.79 Å². The molecule has 1 atom stereocenters. The summed E-state index contributed by atoms with van der Waals surface area (Å²) >= 11 is 0. The molecule has 0 aromatic heterocycles. The lowest BCUT2D eigenvalue weighted by Crippen LogP contribution is -2.12. The van der Waals surface area contributed by atoms with E-state index >= 15 is 0 Å². The lowest BCUT2D eigenvalue weighted by Gasteiger charge is -2.18. The predicted octanol–water partition coefficient (Wildman–Crippen LogP) is 2.60. The average Bonchev–Trinajstić information content (AvgIpc) is 3.24. The number of benzene rings is 1. The van der Waals surface area contributed by atoms with E-state index in [1.807, 2.05) is 0 Å². The molecule has 1 fully saturated rings. The van der Waals surface area contributed by atoms with Gasteiger partial charge in [-0.15, -0.1) is 0 Å². The number of hydrogen-bond acceptors (Lipinski definition) is 5. The molecule has 1 unspecified atom stereocenters. The van der Waals surface area contributed by atoms with Crippen molar-refractivity contribution in [2.45, 2.75) is 6.42 Å². The summed E-state index contributed by atoms with van der Waals surface area (Å²) in [7, 11) is -0.569. The van der Waals surface area contributed by atoms with Gasteiger partial charge in [0, 0.05) is 6.08 Å². The van der Waals surface area contributed by atoms with Gasteiger partial charge in [0.05, 0.1) is 24.6 Å². The summed E-state index contributed by atoms with van der Waals surface area (Å²) in [4.78, 5) is 33.9. The lowest BCUT2D eigenvalue weighted by atomic mass is 10.2. The first kappa shape index (κ1) is 18.6. The minimum Gasteiger partial charge on any atom is -0.478 e. The molecule has 1 aliphatic rings. The van der Waals surface area contributed by atoms with Gasteiger partial charge >= 0.3 is 17.9 Å². The Hall–Kier alpha value is -2.74. The highest BCUT2D eigenvalue weighted by Gasteiger charge is 2.53. The topological polar surface area (TPSA) is 92.6 Å². The van der Waals surface area contributed by atoms with Crippen LogP contribution in [0.3, 0.4) is 0 Å². The molecule has 2 rings (SSSR count). The van der Waals surface area contributed by atoms with Gasteiger partial charge in [-0.25, -0.2) is 4.79 Å². The van der Waals surface area contributed by atoms with E-state index < -0.39 is 28.5 Å². The summed E-state index contributed by atoms with van der Waals surface area (Å²) in [5, 5.41) is 8.60. The molecule has 1 aliphatic heterocycles. The normalized spacial score (nSPS) is 21.3. The van der Waals surface area contributed by atoms with Crippen LogP contribution < -0.4 is 4.18 Å². The first-order chi connectivity index (χ1) is 11.7. The summed E-state index contributed by atoms with van der Waals surface area (Å²) in [6.45, 7) is 3.61. The third-order valence-corrected chi connectivity index (χ3v) is 5.40. The number of carbonyl (C=O) groups is 3. The second-order valence-corrected chi connectivity index (χ2v) is 8.01. The van der Waals surface area contributed by atoms with E-state index in [9.17, 15) is 14.4 Å². The molecule has 1 aromatic rings. The number of carboxylic acid groups (broad SMARTS) is 1. The molecule has 8 heteroatoms. The van der Waals surface area contributed by atoms with Crippen molar-refractivity contribution < 1.29 is 32.2 Å². The molecule has 0 amide bonds. The van der Waals surface area contributed by atoms with Crippen molar-refractivity contribution in [3.05, 3.63) is 48.1 Å². The molecule has 1 N–H and O–H groups in total. The maximum absolute atomic E-state index is 12.2. The Morgan fingerprint density at radius 1 is 1.32 bits per heavy atom. The molecular formula is C17H19O7S+. The third kappa shape index (κ3) is 4.87.